The number of hydrogen-bond acceptors (Lipinski definition) is 10. The quantitative estimate of drug-likeness (QED) is 0.0541. The molecule has 5 rings (SSSR count). The fourth-order valence-electron chi connectivity index (χ4n) is 5.79. The van der Waals surface area contributed by atoms with Gasteiger partial charge < -0.3 is 47.3 Å². The third kappa shape index (κ3) is 12.4. The van der Waals surface area contributed by atoms with Gasteiger partial charge in [-0.2, -0.15) is 5.26 Å². The minimum absolute atomic E-state index is 0.0197. The maximum Gasteiger partial charge on any atom is 0.335 e. The molecule has 0 saturated carbocycles. The molecule has 0 fully saturated rings. The van der Waals surface area contributed by atoms with Crippen LogP contribution in [-0.2, 0) is 14.4 Å². The lowest BCUT2D eigenvalue weighted by molar-refractivity contribution is -0.123. The molecule has 0 aromatic heterocycles. The first-order valence-corrected chi connectivity index (χ1v) is 19.1. The van der Waals surface area contributed by atoms with Crippen molar-refractivity contribution >= 4 is 70.2 Å². The summed E-state index contributed by atoms with van der Waals surface area (Å²) in [7, 11) is 0. The van der Waals surface area contributed by atoms with Crippen LogP contribution in [0.25, 0.3) is 6.08 Å². The molecule has 0 aliphatic rings. The van der Waals surface area contributed by atoms with E-state index in [0.717, 1.165) is 5.56 Å². The van der Waals surface area contributed by atoms with E-state index in [4.69, 9.17) is 20.8 Å². The highest BCUT2D eigenvalue weighted by molar-refractivity contribution is 6.10. The summed E-state index contributed by atoms with van der Waals surface area (Å²) in [6.07, 6.45) is 0.633. The molecule has 0 aliphatic carbocycles. The molecule has 6 amide bonds. The van der Waals surface area contributed by atoms with Crippen LogP contribution in [0.4, 0.5) is 22.7 Å². The molecule has 0 saturated heterocycles. The minimum Gasteiger partial charge on any atom is -0.504 e. The van der Waals surface area contributed by atoms with E-state index in [-0.39, 0.29) is 45.1 Å². The van der Waals surface area contributed by atoms with Gasteiger partial charge in [0.2, 0.25) is 11.8 Å². The Labute approximate surface area is 360 Å². The molecule has 0 aliphatic heterocycles. The fraction of sp³-hybridized carbons (Fsp3) is 0.130. The standard InChI is InChI=1S/C46H41N7O10/c1-25(2)63-40-36(21-20-35(39(40)55)44(59)50-33-18-12-31(13-19-33)46(61)62)52-42(57)29-10-16-34(17-11-29)51-45(60)37(23-38(48)54)53-43(58)30-8-14-32(15-9-30)49-41(56)26(3)22-27-4-6-28(24-47)7-5-27/h4-22,25,37,55H,23H2,1-3H3,(H2,48,54)(H,49,56)(H,50,59)(H,51,60)(H,52,57)(H,53,58)(H,61,62). The number of phenols is 1. The second-order valence-electron chi connectivity index (χ2n) is 14.2. The maximum atomic E-state index is 13.3. The molecule has 0 bridgehead atoms. The van der Waals surface area contributed by atoms with E-state index in [0.29, 0.717) is 16.8 Å². The SMILES string of the molecule is CC(=Cc1ccc(C#N)cc1)C(=O)Nc1ccc(C(=O)NC(CC(N)=O)C(=O)Nc2ccc(C(=O)Nc3ccc(C(=O)Nc4ccc(C(=O)O)cc4)c(O)c3OC(C)C)cc2)cc1. The second-order valence-corrected chi connectivity index (χ2v) is 14.2. The predicted octanol–water partition coefficient (Wildman–Crippen LogP) is 5.91. The maximum absolute atomic E-state index is 13.3. The zero-order valence-corrected chi connectivity index (χ0v) is 34.0. The lowest BCUT2D eigenvalue weighted by Gasteiger charge is -2.19. The monoisotopic (exact) mass is 851 g/mol. The number of carboxylic acids is 1. The van der Waals surface area contributed by atoms with Crippen LogP contribution >= 0.6 is 0 Å². The number of carboxylic acid groups (broad SMARTS) is 1. The number of nitriles is 1. The average Bonchev–Trinajstić information content (AvgIpc) is 3.25. The molecule has 5 aromatic rings. The van der Waals surface area contributed by atoms with Gasteiger partial charge in [0.1, 0.15) is 6.04 Å². The Morgan fingerprint density at radius 3 is 1.78 bits per heavy atom. The minimum atomic E-state index is -1.39. The molecule has 9 N–H and O–H groups in total. The number of nitrogens with zero attached hydrogens (tertiary/aromatic N) is 1. The van der Waals surface area contributed by atoms with Crippen LogP contribution in [0.5, 0.6) is 11.5 Å². The molecular formula is C46H41N7O10. The third-order valence-corrected chi connectivity index (χ3v) is 9.00. The topological polar surface area (TPSA) is 279 Å². The molecule has 5 aromatic carbocycles. The van der Waals surface area contributed by atoms with Crippen molar-refractivity contribution in [3.05, 3.63) is 148 Å². The summed E-state index contributed by atoms with van der Waals surface area (Å²) in [5.74, 6) is -5.98. The normalized spacial score (nSPS) is 11.3. The van der Waals surface area contributed by atoms with Crippen LogP contribution in [0.15, 0.2) is 115 Å². The highest BCUT2D eigenvalue weighted by Crippen LogP contribution is 2.39. The average molecular weight is 852 g/mol. The molecule has 0 heterocycles. The highest BCUT2D eigenvalue weighted by Gasteiger charge is 2.25. The zero-order valence-electron chi connectivity index (χ0n) is 34.0. The van der Waals surface area contributed by atoms with Crippen LogP contribution in [0, 0.1) is 11.3 Å². The molecule has 17 heteroatoms. The number of hydrogen-bond donors (Lipinski definition) is 8. The molecular weight excluding hydrogens is 811 g/mol. The van der Waals surface area contributed by atoms with E-state index >= 15 is 0 Å². The van der Waals surface area contributed by atoms with Crippen molar-refractivity contribution in [3.8, 4) is 17.6 Å². The number of amides is 6. The van der Waals surface area contributed by atoms with E-state index in [1.807, 2.05) is 6.07 Å². The first-order valence-electron chi connectivity index (χ1n) is 19.1. The van der Waals surface area contributed by atoms with E-state index < -0.39 is 65.7 Å². The molecule has 63 heavy (non-hydrogen) atoms. The molecule has 1 atom stereocenters. The number of carbonyl (C=O) groups is 7. The summed E-state index contributed by atoms with van der Waals surface area (Å²) in [4.78, 5) is 88.6. The Morgan fingerprint density at radius 2 is 1.24 bits per heavy atom. The third-order valence-electron chi connectivity index (χ3n) is 9.00. The van der Waals surface area contributed by atoms with Gasteiger partial charge >= 0.3 is 5.97 Å². The Balaban J connectivity index is 1.20. The highest BCUT2D eigenvalue weighted by atomic mass is 16.5. The van der Waals surface area contributed by atoms with Crippen LogP contribution in [0.2, 0.25) is 0 Å². The smallest absolute Gasteiger partial charge is 0.335 e. The first-order chi connectivity index (χ1) is 30.0. The van der Waals surface area contributed by atoms with E-state index in [2.05, 4.69) is 26.6 Å². The van der Waals surface area contributed by atoms with Crippen LogP contribution in [-0.4, -0.2) is 63.8 Å². The van der Waals surface area contributed by atoms with Gasteiger partial charge in [0, 0.05) is 33.8 Å². The van der Waals surface area contributed by atoms with Crippen molar-refractivity contribution in [2.45, 2.75) is 39.3 Å². The molecule has 1 unspecified atom stereocenters. The zero-order chi connectivity index (χ0) is 45.8. The number of nitrogens with one attached hydrogen (secondary N) is 5. The van der Waals surface area contributed by atoms with Gasteiger partial charge in [-0.3, -0.25) is 28.8 Å². The van der Waals surface area contributed by atoms with Gasteiger partial charge in [-0.05, 0) is 129 Å². The number of aromatic hydroxyl groups is 1. The van der Waals surface area contributed by atoms with E-state index in [9.17, 15) is 38.7 Å². The number of ether oxygens (including phenoxy) is 1. The predicted molar refractivity (Wildman–Crippen MR) is 233 cm³/mol. The van der Waals surface area contributed by atoms with Crippen LogP contribution < -0.4 is 37.1 Å². The van der Waals surface area contributed by atoms with Gasteiger partial charge in [-0.1, -0.05) is 12.1 Å². The van der Waals surface area contributed by atoms with Crippen LogP contribution in [0.1, 0.15) is 79.8 Å². The van der Waals surface area contributed by atoms with Crippen LogP contribution in [0.3, 0.4) is 0 Å². The summed E-state index contributed by atoms with van der Waals surface area (Å²) in [6, 6.07) is 26.8. The van der Waals surface area contributed by atoms with Crippen molar-refractivity contribution in [1.29, 1.82) is 5.26 Å². The first kappa shape index (κ1) is 45.3. The molecule has 0 radical (unpaired) electrons. The number of phenolic OH excluding ortho intramolecular Hbond substituents is 1. The Kier molecular flexibility index (Phi) is 14.7. The largest absolute Gasteiger partial charge is 0.504 e. The van der Waals surface area contributed by atoms with Gasteiger partial charge in [0.05, 0.1) is 41.0 Å². The number of rotatable bonds is 16. The number of primary amides is 1. The molecule has 0 spiro atoms. The Bertz CT molecular complexity index is 2640. The number of anilines is 4. The number of aromatic carboxylic acids is 1. The Morgan fingerprint density at radius 1 is 0.698 bits per heavy atom. The lowest BCUT2D eigenvalue weighted by atomic mass is 10.1. The molecule has 17 nitrogen and oxygen atoms in total. The summed E-state index contributed by atoms with van der Waals surface area (Å²) in [6.45, 7) is 4.98. The number of carbonyl (C=O) groups excluding carboxylic acids is 6. The Hall–Kier alpha value is -8.78. The summed E-state index contributed by atoms with van der Waals surface area (Å²) in [5, 5.41) is 42.2. The summed E-state index contributed by atoms with van der Waals surface area (Å²) < 4.78 is 5.77. The van der Waals surface area contributed by atoms with Crippen molar-refractivity contribution in [3.63, 3.8) is 0 Å². The van der Waals surface area contributed by atoms with Gasteiger partial charge in [0.25, 0.3) is 23.6 Å². The van der Waals surface area contributed by atoms with E-state index in [1.54, 1.807) is 51.1 Å². The number of benzene rings is 5. The van der Waals surface area contributed by atoms with Crippen molar-refractivity contribution < 1.29 is 48.5 Å². The fourth-order valence-corrected chi connectivity index (χ4v) is 5.79. The van der Waals surface area contributed by atoms with Gasteiger partial charge in [-0.25, -0.2) is 4.79 Å². The summed E-state index contributed by atoms with van der Waals surface area (Å²) in [5.41, 5.74) is 7.98. The van der Waals surface area contributed by atoms with E-state index in [1.165, 1.54) is 84.9 Å². The van der Waals surface area contributed by atoms with Gasteiger partial charge in [0.15, 0.2) is 11.5 Å². The van der Waals surface area contributed by atoms with Crippen molar-refractivity contribution in [1.82, 2.24) is 5.32 Å². The number of nitrogens with two attached hydrogens (primary N) is 1. The summed E-state index contributed by atoms with van der Waals surface area (Å²) >= 11 is 0. The lowest BCUT2D eigenvalue weighted by Crippen LogP contribution is -2.46. The molecule has 320 valence electrons. The van der Waals surface area contributed by atoms with Gasteiger partial charge in [-0.15, -0.1) is 0 Å². The van der Waals surface area contributed by atoms with Crippen molar-refractivity contribution in [2.75, 3.05) is 21.3 Å². The van der Waals surface area contributed by atoms with Crippen molar-refractivity contribution in [2.24, 2.45) is 5.73 Å². The second kappa shape index (κ2) is 20.5.